The van der Waals surface area contributed by atoms with E-state index >= 15 is 0 Å². The summed E-state index contributed by atoms with van der Waals surface area (Å²) in [5, 5.41) is 12.0. The molecule has 2 heterocycles. The molecule has 0 saturated heterocycles. The molecule has 1 amide bonds. The predicted octanol–water partition coefficient (Wildman–Crippen LogP) is 3.57. The van der Waals surface area contributed by atoms with Crippen molar-refractivity contribution in [3.63, 3.8) is 0 Å². The van der Waals surface area contributed by atoms with Crippen LogP contribution in [0.5, 0.6) is 0 Å². The van der Waals surface area contributed by atoms with Gasteiger partial charge in [0.1, 0.15) is 11.6 Å². The number of H-pyrrole nitrogens is 1. The highest BCUT2D eigenvalue weighted by Gasteiger charge is 2.11. The number of nitriles is 1. The van der Waals surface area contributed by atoms with Crippen molar-refractivity contribution in [1.29, 1.82) is 5.26 Å². The van der Waals surface area contributed by atoms with Crippen LogP contribution in [0.1, 0.15) is 30.6 Å². The van der Waals surface area contributed by atoms with Gasteiger partial charge in [-0.05, 0) is 24.3 Å². The Kier molecular flexibility index (Phi) is 5.57. The lowest BCUT2D eigenvalue weighted by Crippen LogP contribution is -2.24. The van der Waals surface area contributed by atoms with Crippen LogP contribution in [0.2, 0.25) is 0 Å². The Morgan fingerprint density at radius 2 is 2.10 bits per heavy atom. The smallest absolute Gasteiger partial charge is 0.222 e. The van der Waals surface area contributed by atoms with Crippen molar-refractivity contribution in [2.45, 2.75) is 32.9 Å². The second kappa shape index (κ2) is 8.62. The van der Waals surface area contributed by atoms with Crippen LogP contribution in [0.4, 0.5) is 0 Å². The van der Waals surface area contributed by atoms with Gasteiger partial charge in [0.25, 0.3) is 0 Å². The summed E-state index contributed by atoms with van der Waals surface area (Å²) >= 11 is 0. The molecule has 0 aliphatic rings. The number of fused-ring (bicyclic) bond motifs is 1. The number of rotatable bonds is 7. The van der Waals surface area contributed by atoms with Gasteiger partial charge in [-0.3, -0.25) is 4.79 Å². The van der Waals surface area contributed by atoms with Crippen LogP contribution in [-0.4, -0.2) is 25.4 Å². The lowest BCUT2D eigenvalue weighted by molar-refractivity contribution is -0.121. The highest BCUT2D eigenvalue weighted by Crippen LogP contribution is 2.19. The van der Waals surface area contributed by atoms with Crippen LogP contribution < -0.4 is 5.32 Å². The average molecular weight is 398 g/mol. The van der Waals surface area contributed by atoms with Gasteiger partial charge >= 0.3 is 0 Å². The van der Waals surface area contributed by atoms with Gasteiger partial charge in [-0.25, -0.2) is 9.97 Å². The molecule has 7 nitrogen and oxygen atoms in total. The number of carbonyl (C=O) groups excluding carboxylic acids is 1. The largest absolute Gasteiger partial charge is 0.349 e. The van der Waals surface area contributed by atoms with Crippen molar-refractivity contribution in [2.75, 3.05) is 0 Å². The van der Waals surface area contributed by atoms with Crippen molar-refractivity contribution in [1.82, 2.24) is 24.8 Å². The minimum Gasteiger partial charge on any atom is -0.349 e. The molecule has 4 aromatic rings. The Hall–Kier alpha value is -3.92. The zero-order chi connectivity index (χ0) is 20.9. The predicted molar refractivity (Wildman–Crippen MR) is 114 cm³/mol. The van der Waals surface area contributed by atoms with E-state index in [-0.39, 0.29) is 5.91 Å². The molecule has 2 aromatic carbocycles. The Morgan fingerprint density at radius 3 is 2.93 bits per heavy atom. The van der Waals surface area contributed by atoms with Gasteiger partial charge in [0.2, 0.25) is 5.91 Å². The highest BCUT2D eigenvalue weighted by molar-refractivity contribution is 5.78. The van der Waals surface area contributed by atoms with Gasteiger partial charge in [0, 0.05) is 24.9 Å². The number of imidazole rings is 2. The molecule has 0 aliphatic carbocycles. The Morgan fingerprint density at radius 1 is 1.23 bits per heavy atom. The zero-order valence-electron chi connectivity index (χ0n) is 16.7. The van der Waals surface area contributed by atoms with Gasteiger partial charge in [0.05, 0.1) is 41.1 Å². The van der Waals surface area contributed by atoms with Crippen LogP contribution in [0.25, 0.3) is 22.3 Å². The fraction of sp³-hybridized carbons (Fsp3) is 0.217. The van der Waals surface area contributed by atoms with Gasteiger partial charge < -0.3 is 14.9 Å². The third-order valence-electron chi connectivity index (χ3n) is 5.00. The normalized spacial score (nSPS) is 10.8. The molecule has 0 bridgehead atoms. The fourth-order valence-corrected chi connectivity index (χ4v) is 3.48. The number of hydrogen-bond donors (Lipinski definition) is 2. The number of aryl methyl sites for hydroxylation is 2. The lowest BCUT2D eigenvalue weighted by Gasteiger charge is -2.08. The fourth-order valence-electron chi connectivity index (χ4n) is 3.48. The monoisotopic (exact) mass is 398 g/mol. The summed E-state index contributed by atoms with van der Waals surface area (Å²) in [6.07, 6.45) is 2.90. The van der Waals surface area contributed by atoms with Crippen molar-refractivity contribution in [2.24, 2.45) is 0 Å². The van der Waals surface area contributed by atoms with Crippen molar-refractivity contribution < 1.29 is 4.79 Å². The zero-order valence-corrected chi connectivity index (χ0v) is 16.7. The van der Waals surface area contributed by atoms with E-state index < -0.39 is 0 Å². The van der Waals surface area contributed by atoms with Crippen molar-refractivity contribution in [3.8, 4) is 17.3 Å². The molecule has 150 valence electrons. The standard InChI is InChI=1S/C23H22N6O/c1-2-22-28-18-8-3-4-9-20(18)29(22)11-10-23(30)26-15-21-25-14-19(27-21)17-7-5-6-16(12-17)13-24/h3-9,12,14H,2,10-11,15H2,1H3,(H,25,27)(H,26,30). The van der Waals surface area contributed by atoms with E-state index in [9.17, 15) is 4.79 Å². The van der Waals surface area contributed by atoms with Gasteiger partial charge in [-0.2, -0.15) is 5.26 Å². The summed E-state index contributed by atoms with van der Waals surface area (Å²) in [5.41, 5.74) is 4.30. The number of benzene rings is 2. The maximum atomic E-state index is 12.4. The molecule has 30 heavy (non-hydrogen) atoms. The number of aromatic nitrogens is 4. The molecule has 4 rings (SSSR count). The number of aromatic amines is 1. The van der Waals surface area contributed by atoms with E-state index in [0.717, 1.165) is 34.5 Å². The number of nitrogens with one attached hydrogen (secondary N) is 2. The molecule has 7 heteroatoms. The minimum atomic E-state index is -0.0423. The number of amides is 1. The van der Waals surface area contributed by atoms with Crippen molar-refractivity contribution >= 4 is 16.9 Å². The second-order valence-electron chi connectivity index (χ2n) is 6.98. The van der Waals surface area contributed by atoms with E-state index in [1.165, 1.54) is 0 Å². The van der Waals surface area contributed by atoms with Crippen LogP contribution in [-0.2, 0) is 24.3 Å². The van der Waals surface area contributed by atoms with E-state index in [2.05, 4.69) is 37.8 Å². The van der Waals surface area contributed by atoms with E-state index in [1.807, 2.05) is 36.4 Å². The molecule has 0 radical (unpaired) electrons. The Labute approximate surface area is 174 Å². The first-order valence-corrected chi connectivity index (χ1v) is 9.93. The summed E-state index contributed by atoms with van der Waals surface area (Å²) in [6, 6.07) is 17.4. The molecule has 2 aromatic heterocycles. The summed E-state index contributed by atoms with van der Waals surface area (Å²) in [4.78, 5) is 24.6. The maximum Gasteiger partial charge on any atom is 0.222 e. The van der Waals surface area contributed by atoms with Gasteiger partial charge in [-0.15, -0.1) is 0 Å². The molecular weight excluding hydrogens is 376 g/mol. The van der Waals surface area contributed by atoms with Crippen LogP contribution in [0.3, 0.4) is 0 Å². The van der Waals surface area contributed by atoms with Gasteiger partial charge in [0.15, 0.2) is 0 Å². The molecular formula is C23H22N6O. The van der Waals surface area contributed by atoms with E-state index in [4.69, 9.17) is 5.26 Å². The molecule has 0 atom stereocenters. The quantitative estimate of drug-likeness (QED) is 0.497. The van der Waals surface area contributed by atoms with Gasteiger partial charge in [-0.1, -0.05) is 31.2 Å². The van der Waals surface area contributed by atoms with Crippen LogP contribution >= 0.6 is 0 Å². The first kappa shape index (κ1) is 19.4. The highest BCUT2D eigenvalue weighted by atomic mass is 16.1. The second-order valence-corrected chi connectivity index (χ2v) is 6.98. The lowest BCUT2D eigenvalue weighted by atomic mass is 10.1. The van der Waals surface area contributed by atoms with E-state index in [1.54, 1.807) is 18.3 Å². The Bertz CT molecular complexity index is 1230. The molecule has 2 N–H and O–H groups in total. The summed E-state index contributed by atoms with van der Waals surface area (Å²) in [6.45, 7) is 2.97. The summed E-state index contributed by atoms with van der Waals surface area (Å²) < 4.78 is 2.11. The van der Waals surface area contributed by atoms with Crippen molar-refractivity contribution in [3.05, 3.63) is 71.9 Å². The molecule has 0 fully saturated rings. The number of para-hydroxylation sites is 2. The molecule has 0 spiro atoms. The molecule has 0 saturated carbocycles. The first-order chi connectivity index (χ1) is 14.7. The third-order valence-corrected chi connectivity index (χ3v) is 5.00. The molecule has 0 unspecified atom stereocenters. The number of carbonyl (C=O) groups is 1. The maximum absolute atomic E-state index is 12.4. The van der Waals surface area contributed by atoms with Crippen LogP contribution in [0, 0.1) is 11.3 Å². The minimum absolute atomic E-state index is 0.0423. The van der Waals surface area contributed by atoms with Crippen LogP contribution in [0.15, 0.2) is 54.7 Å². The molecule has 0 aliphatic heterocycles. The number of hydrogen-bond acceptors (Lipinski definition) is 4. The SMILES string of the molecule is CCc1nc2ccccc2n1CCC(=O)NCc1ncc(-c2cccc(C#N)c2)[nH]1. The number of nitrogens with zero attached hydrogens (tertiary/aromatic N) is 4. The summed E-state index contributed by atoms with van der Waals surface area (Å²) in [5.74, 6) is 1.61. The average Bonchev–Trinajstić information content (AvgIpc) is 3.40. The third kappa shape index (κ3) is 4.08. The summed E-state index contributed by atoms with van der Waals surface area (Å²) in [7, 11) is 0. The Balaban J connectivity index is 1.36. The van der Waals surface area contributed by atoms with E-state index in [0.29, 0.717) is 30.9 Å². The topological polar surface area (TPSA) is 99.4 Å². The first-order valence-electron chi connectivity index (χ1n) is 9.93.